The van der Waals surface area contributed by atoms with Crippen LogP contribution in [0.1, 0.15) is 75.3 Å². The largest absolute Gasteiger partial charge is 0.338 e. The van der Waals surface area contributed by atoms with Gasteiger partial charge in [-0.05, 0) is 75.3 Å². The molecule has 4 rings (SSSR count). The van der Waals surface area contributed by atoms with Crippen molar-refractivity contribution in [3.63, 3.8) is 0 Å². The number of amides is 4. The number of aryl methyl sites for hydroxylation is 2. The number of nitrogens with zero attached hydrogens (tertiary/aromatic N) is 4. The highest BCUT2D eigenvalue weighted by atomic mass is 16.2. The van der Waals surface area contributed by atoms with E-state index in [1.54, 1.807) is 0 Å². The molecular weight excluding hydrogens is 548 g/mol. The summed E-state index contributed by atoms with van der Waals surface area (Å²) in [6, 6.07) is 25.6. The first-order chi connectivity index (χ1) is 21.5. The summed E-state index contributed by atoms with van der Waals surface area (Å²) in [7, 11) is 0. The van der Waals surface area contributed by atoms with Gasteiger partial charge >= 0.3 is 12.1 Å². The van der Waals surface area contributed by atoms with E-state index < -0.39 is 0 Å². The Bertz CT molecular complexity index is 1150. The molecule has 2 aromatic rings. The molecule has 8 nitrogen and oxygen atoms in total. The quantitative estimate of drug-likeness (QED) is 0.259. The molecule has 234 valence electrons. The Hall–Kier alpha value is -4.04. The van der Waals surface area contributed by atoms with Gasteiger partial charge in [0.2, 0.25) is 0 Å². The SMILES string of the molecule is N#CC1(CCc2ccccc2)CCN(C(=O)NCCCCCCNC(=O)N2CCC(C#N)(CCc3ccccc3)CC2)CC1. The zero-order chi connectivity index (χ0) is 31.1. The number of likely N-dealkylation sites (tertiary alicyclic amines) is 2. The third kappa shape index (κ3) is 9.74. The van der Waals surface area contributed by atoms with Gasteiger partial charge in [-0.25, -0.2) is 9.59 Å². The maximum absolute atomic E-state index is 12.7. The van der Waals surface area contributed by atoms with Crippen molar-refractivity contribution in [1.29, 1.82) is 10.5 Å². The highest BCUT2D eigenvalue weighted by Gasteiger charge is 2.37. The predicted molar refractivity (Wildman–Crippen MR) is 172 cm³/mol. The van der Waals surface area contributed by atoms with Gasteiger partial charge in [-0.15, -0.1) is 0 Å². The van der Waals surface area contributed by atoms with E-state index in [-0.39, 0.29) is 22.9 Å². The molecule has 0 bridgehead atoms. The summed E-state index contributed by atoms with van der Waals surface area (Å²) in [6.45, 7) is 3.76. The van der Waals surface area contributed by atoms with Crippen molar-refractivity contribution >= 4 is 12.1 Å². The van der Waals surface area contributed by atoms with E-state index in [1.807, 2.05) is 46.2 Å². The van der Waals surface area contributed by atoms with Crippen LogP contribution in [0.4, 0.5) is 9.59 Å². The van der Waals surface area contributed by atoms with E-state index in [1.165, 1.54) is 11.1 Å². The lowest BCUT2D eigenvalue weighted by Gasteiger charge is -2.37. The first-order valence-electron chi connectivity index (χ1n) is 16.4. The number of urea groups is 2. The van der Waals surface area contributed by atoms with Gasteiger partial charge in [0.05, 0.1) is 23.0 Å². The number of carbonyl (C=O) groups excluding carboxylic acids is 2. The summed E-state index contributed by atoms with van der Waals surface area (Å²) in [5, 5.41) is 25.8. The Balaban J connectivity index is 1.02. The number of rotatable bonds is 13. The molecule has 2 heterocycles. The van der Waals surface area contributed by atoms with Crippen LogP contribution in [0, 0.1) is 33.5 Å². The fourth-order valence-corrected chi connectivity index (χ4v) is 6.39. The minimum absolute atomic E-state index is 0.0334. The normalized spacial score (nSPS) is 17.2. The molecule has 44 heavy (non-hydrogen) atoms. The van der Waals surface area contributed by atoms with Crippen molar-refractivity contribution in [3.05, 3.63) is 71.8 Å². The number of hydrogen-bond acceptors (Lipinski definition) is 4. The monoisotopic (exact) mass is 596 g/mol. The zero-order valence-corrected chi connectivity index (χ0v) is 26.1. The number of benzene rings is 2. The molecule has 2 N–H and O–H groups in total. The molecule has 2 aromatic carbocycles. The van der Waals surface area contributed by atoms with Crippen LogP contribution in [0.5, 0.6) is 0 Å². The smallest absolute Gasteiger partial charge is 0.317 e. The van der Waals surface area contributed by atoms with Gasteiger partial charge in [-0.1, -0.05) is 73.5 Å². The summed E-state index contributed by atoms with van der Waals surface area (Å²) in [4.78, 5) is 29.0. The number of unbranched alkanes of at least 4 members (excludes halogenated alkanes) is 3. The molecule has 4 amide bonds. The zero-order valence-electron chi connectivity index (χ0n) is 26.1. The number of piperidine rings is 2. The van der Waals surface area contributed by atoms with Gasteiger partial charge in [-0.2, -0.15) is 10.5 Å². The Morgan fingerprint density at radius 3 is 1.32 bits per heavy atom. The first kappa shape index (κ1) is 32.9. The molecule has 0 saturated carbocycles. The lowest BCUT2D eigenvalue weighted by atomic mass is 9.75. The molecule has 0 aromatic heterocycles. The summed E-state index contributed by atoms with van der Waals surface area (Å²) in [6.07, 6.45) is 10.1. The molecule has 0 spiro atoms. The standard InChI is InChI=1S/C36H48N6O2/c37-29-35(17-15-31-11-5-3-6-12-31)19-25-41(26-20-35)33(43)39-23-9-1-2-10-24-40-34(44)42-27-21-36(30-38,22-28-42)18-16-32-13-7-4-8-14-32/h3-8,11-14H,1-2,9-10,15-28H2,(H,39,43)(H,40,44). The van der Waals surface area contributed by atoms with Crippen molar-refractivity contribution in [2.45, 2.75) is 77.0 Å². The average molecular weight is 597 g/mol. The van der Waals surface area contributed by atoms with Crippen LogP contribution in [0.3, 0.4) is 0 Å². The highest BCUT2D eigenvalue weighted by molar-refractivity contribution is 5.74. The van der Waals surface area contributed by atoms with E-state index in [2.05, 4.69) is 47.0 Å². The molecule has 2 fully saturated rings. The van der Waals surface area contributed by atoms with Crippen molar-refractivity contribution < 1.29 is 9.59 Å². The van der Waals surface area contributed by atoms with Gasteiger partial charge in [0, 0.05) is 39.3 Å². The maximum Gasteiger partial charge on any atom is 0.317 e. The summed E-state index contributed by atoms with van der Waals surface area (Å²) in [5.74, 6) is 0. The Kier molecular flexibility index (Phi) is 12.5. The molecule has 0 atom stereocenters. The Morgan fingerprint density at radius 2 is 0.977 bits per heavy atom. The predicted octanol–water partition coefficient (Wildman–Crippen LogP) is 6.44. The molecule has 8 heteroatoms. The molecule has 0 radical (unpaired) electrons. The maximum atomic E-state index is 12.7. The summed E-state index contributed by atoms with van der Waals surface area (Å²) in [5.41, 5.74) is 1.81. The van der Waals surface area contributed by atoms with Crippen LogP contribution in [0.2, 0.25) is 0 Å². The lowest BCUT2D eigenvalue weighted by Crippen LogP contribution is -2.47. The summed E-state index contributed by atoms with van der Waals surface area (Å²) >= 11 is 0. The third-order valence-corrected chi connectivity index (χ3v) is 9.62. The number of hydrogen-bond donors (Lipinski definition) is 2. The van der Waals surface area contributed by atoms with Gasteiger partial charge in [0.25, 0.3) is 0 Å². The van der Waals surface area contributed by atoms with Crippen LogP contribution in [-0.4, -0.2) is 61.1 Å². The van der Waals surface area contributed by atoms with Crippen molar-refractivity contribution in [1.82, 2.24) is 20.4 Å². The third-order valence-electron chi connectivity index (χ3n) is 9.62. The molecule has 2 saturated heterocycles. The van der Waals surface area contributed by atoms with Gasteiger partial charge < -0.3 is 20.4 Å². The van der Waals surface area contributed by atoms with E-state index in [0.717, 1.165) is 77.0 Å². The van der Waals surface area contributed by atoms with E-state index in [9.17, 15) is 20.1 Å². The fourth-order valence-electron chi connectivity index (χ4n) is 6.39. The number of nitriles is 2. The van der Waals surface area contributed by atoms with Gasteiger partial charge in [-0.3, -0.25) is 0 Å². The van der Waals surface area contributed by atoms with Crippen LogP contribution >= 0.6 is 0 Å². The second kappa shape index (κ2) is 16.7. The van der Waals surface area contributed by atoms with E-state index >= 15 is 0 Å². The average Bonchev–Trinajstić information content (AvgIpc) is 3.08. The number of carbonyl (C=O) groups is 2. The fraction of sp³-hybridized carbons (Fsp3) is 0.556. The van der Waals surface area contributed by atoms with Gasteiger partial charge in [0.1, 0.15) is 0 Å². The minimum atomic E-state index is -0.347. The van der Waals surface area contributed by atoms with Crippen molar-refractivity contribution in [2.75, 3.05) is 39.3 Å². The first-order valence-corrected chi connectivity index (χ1v) is 16.4. The number of nitrogens with one attached hydrogen (secondary N) is 2. The molecule has 0 aliphatic carbocycles. The topological polar surface area (TPSA) is 112 Å². The second-order valence-corrected chi connectivity index (χ2v) is 12.6. The molecular formula is C36H48N6O2. The Labute approximate surface area is 263 Å². The second-order valence-electron chi connectivity index (χ2n) is 12.6. The minimum Gasteiger partial charge on any atom is -0.338 e. The van der Waals surface area contributed by atoms with Crippen LogP contribution < -0.4 is 10.6 Å². The van der Waals surface area contributed by atoms with Crippen LogP contribution in [-0.2, 0) is 12.8 Å². The van der Waals surface area contributed by atoms with Gasteiger partial charge in [0.15, 0.2) is 0 Å². The molecule has 2 aliphatic heterocycles. The van der Waals surface area contributed by atoms with Crippen molar-refractivity contribution in [2.24, 2.45) is 10.8 Å². The lowest BCUT2D eigenvalue weighted by molar-refractivity contribution is 0.143. The highest BCUT2D eigenvalue weighted by Crippen LogP contribution is 2.36. The summed E-state index contributed by atoms with van der Waals surface area (Å²) < 4.78 is 0. The molecule has 2 aliphatic rings. The van der Waals surface area contributed by atoms with E-state index in [0.29, 0.717) is 39.3 Å². The van der Waals surface area contributed by atoms with Crippen LogP contribution in [0.15, 0.2) is 60.7 Å². The molecule has 0 unspecified atom stereocenters. The van der Waals surface area contributed by atoms with Crippen LogP contribution in [0.25, 0.3) is 0 Å². The van der Waals surface area contributed by atoms with Crippen molar-refractivity contribution in [3.8, 4) is 12.1 Å². The van der Waals surface area contributed by atoms with E-state index in [4.69, 9.17) is 0 Å². The Morgan fingerprint density at radius 1 is 0.614 bits per heavy atom.